The average Bonchev–Trinajstić information content (AvgIpc) is 2.76. The largest absolute Gasteiger partial charge is 0.356 e. The third-order valence-corrected chi connectivity index (χ3v) is 4.34. The van der Waals surface area contributed by atoms with Gasteiger partial charge in [-0.05, 0) is 36.1 Å². The smallest absolute Gasteiger partial charge is 0.251 e. The van der Waals surface area contributed by atoms with Crippen LogP contribution < -0.4 is 21.3 Å². The maximum atomic E-state index is 12.0. The predicted molar refractivity (Wildman–Crippen MR) is 116 cm³/mol. The molecular weight excluding hydrogens is 366 g/mol. The molecule has 0 aliphatic carbocycles. The van der Waals surface area contributed by atoms with E-state index >= 15 is 0 Å². The first kappa shape index (κ1) is 21.9. The van der Waals surface area contributed by atoms with E-state index in [4.69, 9.17) is 0 Å². The Bertz CT molecular complexity index is 821. The van der Waals surface area contributed by atoms with Gasteiger partial charge in [-0.15, -0.1) is 0 Å². The van der Waals surface area contributed by atoms with Crippen LogP contribution in [0.25, 0.3) is 0 Å². The summed E-state index contributed by atoms with van der Waals surface area (Å²) in [6, 6.07) is 17.5. The number of hydrogen-bond donors (Lipinski definition) is 4. The van der Waals surface area contributed by atoms with E-state index in [0.717, 1.165) is 18.4 Å². The molecule has 0 radical (unpaired) electrons. The summed E-state index contributed by atoms with van der Waals surface area (Å²) in [6.45, 7) is 1.38. The SMILES string of the molecule is CN=C(NCCc1cccc(C(=O)NC)c1)NCC(=O)NCCc1ccccc1. The van der Waals surface area contributed by atoms with Crippen LogP contribution in [-0.2, 0) is 17.6 Å². The van der Waals surface area contributed by atoms with Crippen molar-refractivity contribution in [3.8, 4) is 0 Å². The predicted octanol–water partition coefficient (Wildman–Crippen LogP) is 1.11. The van der Waals surface area contributed by atoms with Crippen molar-refractivity contribution in [3.63, 3.8) is 0 Å². The number of aliphatic imine (C=N–C) groups is 1. The van der Waals surface area contributed by atoms with Crippen LogP contribution >= 0.6 is 0 Å². The lowest BCUT2D eigenvalue weighted by Crippen LogP contribution is -2.44. The van der Waals surface area contributed by atoms with Crippen LogP contribution in [0.2, 0.25) is 0 Å². The monoisotopic (exact) mass is 395 g/mol. The molecule has 2 rings (SSSR count). The van der Waals surface area contributed by atoms with Gasteiger partial charge in [0.1, 0.15) is 0 Å². The number of nitrogens with one attached hydrogen (secondary N) is 4. The Hall–Kier alpha value is -3.35. The lowest BCUT2D eigenvalue weighted by Gasteiger charge is -2.12. The summed E-state index contributed by atoms with van der Waals surface area (Å²) < 4.78 is 0. The Morgan fingerprint density at radius 1 is 0.862 bits per heavy atom. The summed E-state index contributed by atoms with van der Waals surface area (Å²) in [4.78, 5) is 27.8. The summed E-state index contributed by atoms with van der Waals surface area (Å²) in [5.74, 6) is 0.378. The second-order valence-electron chi connectivity index (χ2n) is 6.47. The molecule has 29 heavy (non-hydrogen) atoms. The first-order valence-electron chi connectivity index (χ1n) is 9.68. The van der Waals surface area contributed by atoms with E-state index in [1.165, 1.54) is 5.56 Å². The molecule has 0 spiro atoms. The third kappa shape index (κ3) is 8.04. The van der Waals surface area contributed by atoms with Gasteiger partial charge >= 0.3 is 0 Å². The van der Waals surface area contributed by atoms with Gasteiger partial charge in [-0.1, -0.05) is 42.5 Å². The van der Waals surface area contributed by atoms with E-state index in [9.17, 15) is 9.59 Å². The standard InChI is InChI=1S/C22H29N5O2/c1-23-21(29)19-10-6-9-18(15-19)12-14-26-22(24-2)27-16-20(28)25-13-11-17-7-4-3-5-8-17/h3-10,15H,11-14,16H2,1-2H3,(H,23,29)(H,25,28)(H2,24,26,27). The molecule has 2 amide bonds. The number of rotatable bonds is 9. The average molecular weight is 396 g/mol. The van der Waals surface area contributed by atoms with Crippen molar-refractivity contribution in [2.45, 2.75) is 12.8 Å². The van der Waals surface area contributed by atoms with E-state index in [1.807, 2.05) is 48.5 Å². The maximum Gasteiger partial charge on any atom is 0.251 e. The maximum absolute atomic E-state index is 12.0. The molecule has 0 atom stereocenters. The third-order valence-electron chi connectivity index (χ3n) is 4.34. The molecule has 2 aromatic rings. The van der Waals surface area contributed by atoms with Crippen LogP contribution in [0.5, 0.6) is 0 Å². The summed E-state index contributed by atoms with van der Waals surface area (Å²) >= 11 is 0. The highest BCUT2D eigenvalue weighted by molar-refractivity contribution is 5.94. The Morgan fingerprint density at radius 2 is 1.55 bits per heavy atom. The minimum absolute atomic E-state index is 0.0813. The topological polar surface area (TPSA) is 94.6 Å². The van der Waals surface area contributed by atoms with Gasteiger partial charge in [0.2, 0.25) is 5.91 Å². The molecule has 0 heterocycles. The first-order valence-corrected chi connectivity index (χ1v) is 9.68. The van der Waals surface area contributed by atoms with E-state index in [-0.39, 0.29) is 18.4 Å². The van der Waals surface area contributed by atoms with Crippen LogP contribution in [0.15, 0.2) is 59.6 Å². The van der Waals surface area contributed by atoms with E-state index in [1.54, 1.807) is 20.2 Å². The van der Waals surface area contributed by atoms with Crippen molar-refractivity contribution >= 4 is 17.8 Å². The zero-order valence-corrected chi connectivity index (χ0v) is 17.0. The number of benzene rings is 2. The van der Waals surface area contributed by atoms with E-state index < -0.39 is 0 Å². The van der Waals surface area contributed by atoms with Crippen molar-refractivity contribution in [2.24, 2.45) is 4.99 Å². The molecule has 0 aliphatic heterocycles. The fraction of sp³-hybridized carbons (Fsp3) is 0.318. The van der Waals surface area contributed by atoms with Crippen molar-refractivity contribution in [2.75, 3.05) is 33.7 Å². The second kappa shape index (κ2) is 12.2. The molecule has 7 nitrogen and oxygen atoms in total. The fourth-order valence-electron chi connectivity index (χ4n) is 2.78. The Balaban J connectivity index is 1.67. The molecule has 0 bridgehead atoms. The molecule has 154 valence electrons. The summed E-state index contributed by atoms with van der Waals surface area (Å²) in [5, 5.41) is 11.7. The number of nitrogens with zero attached hydrogens (tertiary/aromatic N) is 1. The molecule has 0 saturated heterocycles. The van der Waals surface area contributed by atoms with Crippen LogP contribution in [0.4, 0.5) is 0 Å². The van der Waals surface area contributed by atoms with E-state index in [2.05, 4.69) is 26.3 Å². The lowest BCUT2D eigenvalue weighted by molar-refractivity contribution is -0.119. The molecule has 0 aromatic heterocycles. The Kier molecular flexibility index (Phi) is 9.21. The zero-order chi connectivity index (χ0) is 20.9. The molecule has 0 unspecified atom stereocenters. The number of amides is 2. The highest BCUT2D eigenvalue weighted by atomic mass is 16.2. The van der Waals surface area contributed by atoms with Gasteiger partial charge < -0.3 is 21.3 Å². The van der Waals surface area contributed by atoms with Gasteiger partial charge in [0.25, 0.3) is 5.91 Å². The highest BCUT2D eigenvalue weighted by Gasteiger charge is 2.05. The normalized spacial score (nSPS) is 10.9. The summed E-state index contributed by atoms with van der Waals surface area (Å²) in [7, 11) is 3.28. The minimum Gasteiger partial charge on any atom is -0.356 e. The van der Waals surface area contributed by atoms with Gasteiger partial charge in [-0.3, -0.25) is 14.6 Å². The number of hydrogen-bond acceptors (Lipinski definition) is 3. The number of guanidine groups is 1. The molecule has 0 saturated carbocycles. The van der Waals surface area contributed by atoms with Crippen LogP contribution in [0.1, 0.15) is 21.5 Å². The quantitative estimate of drug-likeness (QED) is 0.378. The first-order chi connectivity index (χ1) is 14.1. The van der Waals surface area contributed by atoms with Crippen molar-refractivity contribution in [3.05, 3.63) is 71.3 Å². The summed E-state index contributed by atoms with van der Waals surface area (Å²) in [5.41, 5.74) is 2.88. The van der Waals surface area contributed by atoms with Crippen LogP contribution in [0.3, 0.4) is 0 Å². The second-order valence-corrected chi connectivity index (χ2v) is 6.47. The van der Waals surface area contributed by atoms with Gasteiger partial charge in [-0.25, -0.2) is 0 Å². The molecule has 2 aromatic carbocycles. The summed E-state index contributed by atoms with van der Waals surface area (Å²) in [6.07, 6.45) is 1.53. The van der Waals surface area contributed by atoms with Gasteiger partial charge in [0, 0.05) is 32.7 Å². The lowest BCUT2D eigenvalue weighted by atomic mass is 10.1. The number of carbonyl (C=O) groups excluding carboxylic acids is 2. The van der Waals surface area contributed by atoms with Crippen molar-refractivity contribution in [1.29, 1.82) is 0 Å². The van der Waals surface area contributed by atoms with Gasteiger partial charge in [0.05, 0.1) is 6.54 Å². The molecule has 4 N–H and O–H groups in total. The molecule has 0 aliphatic rings. The molecular formula is C22H29N5O2. The Labute approximate surface area is 172 Å². The van der Waals surface area contributed by atoms with Crippen LogP contribution in [-0.4, -0.2) is 51.5 Å². The molecule has 7 heteroatoms. The van der Waals surface area contributed by atoms with Crippen LogP contribution in [0, 0.1) is 0 Å². The van der Waals surface area contributed by atoms with Crippen molar-refractivity contribution in [1.82, 2.24) is 21.3 Å². The Morgan fingerprint density at radius 3 is 2.28 bits per heavy atom. The van der Waals surface area contributed by atoms with E-state index in [0.29, 0.717) is 24.6 Å². The highest BCUT2D eigenvalue weighted by Crippen LogP contribution is 2.05. The van der Waals surface area contributed by atoms with Crippen molar-refractivity contribution < 1.29 is 9.59 Å². The van der Waals surface area contributed by atoms with Gasteiger partial charge in [-0.2, -0.15) is 0 Å². The molecule has 0 fully saturated rings. The zero-order valence-electron chi connectivity index (χ0n) is 17.0. The fourth-order valence-corrected chi connectivity index (χ4v) is 2.78. The minimum atomic E-state index is -0.101. The van der Waals surface area contributed by atoms with Gasteiger partial charge in [0.15, 0.2) is 5.96 Å². The number of carbonyl (C=O) groups is 2.